The summed E-state index contributed by atoms with van der Waals surface area (Å²) < 4.78 is 2.06. The van der Waals surface area contributed by atoms with Crippen LogP contribution in [0.5, 0.6) is 0 Å². The van der Waals surface area contributed by atoms with Gasteiger partial charge in [0, 0.05) is 12.2 Å². The summed E-state index contributed by atoms with van der Waals surface area (Å²) in [6.45, 7) is 5.37. The summed E-state index contributed by atoms with van der Waals surface area (Å²) in [6.07, 6.45) is 5.97. The molecule has 0 bridgehead atoms. The average Bonchev–Trinajstić information content (AvgIpc) is 2.87. The number of aromatic nitrogens is 2. The number of nitrogens with one attached hydrogen (secondary N) is 1. The molecule has 1 saturated carbocycles. The molecule has 0 aliphatic heterocycles. The van der Waals surface area contributed by atoms with Crippen molar-refractivity contribution in [3.05, 3.63) is 18.0 Å². The largest absolute Gasteiger partial charge is 0.314 e. The van der Waals surface area contributed by atoms with Crippen molar-refractivity contribution >= 4 is 0 Å². The van der Waals surface area contributed by atoms with E-state index < -0.39 is 0 Å². The van der Waals surface area contributed by atoms with Crippen LogP contribution in [-0.4, -0.2) is 22.4 Å². The van der Waals surface area contributed by atoms with Crippen molar-refractivity contribution in [1.82, 2.24) is 15.1 Å². The van der Waals surface area contributed by atoms with Crippen molar-refractivity contribution in [2.75, 3.05) is 6.54 Å². The standard InChI is InChI=1S/C11H19N3/c1-9-6-8-14(13-9)10(2)5-7-12-11-3-4-11/h6,8,10-12H,3-5,7H2,1-2H3. The first kappa shape index (κ1) is 9.71. The zero-order valence-electron chi connectivity index (χ0n) is 9.03. The lowest BCUT2D eigenvalue weighted by Gasteiger charge is -2.12. The average molecular weight is 193 g/mol. The van der Waals surface area contributed by atoms with Gasteiger partial charge in [-0.05, 0) is 45.7 Å². The predicted molar refractivity (Wildman–Crippen MR) is 57.3 cm³/mol. The lowest BCUT2D eigenvalue weighted by atomic mass is 10.2. The second-order valence-corrected chi connectivity index (χ2v) is 4.30. The normalized spacial score (nSPS) is 18.4. The molecule has 1 aromatic heterocycles. The SMILES string of the molecule is Cc1ccn(C(C)CCNC2CC2)n1. The second kappa shape index (κ2) is 4.13. The molecule has 1 atom stereocenters. The molecule has 1 heterocycles. The fourth-order valence-electron chi connectivity index (χ4n) is 1.59. The van der Waals surface area contributed by atoms with Gasteiger partial charge in [-0.1, -0.05) is 0 Å². The van der Waals surface area contributed by atoms with Crippen LogP contribution < -0.4 is 5.32 Å². The van der Waals surface area contributed by atoms with Gasteiger partial charge in [-0.25, -0.2) is 0 Å². The quantitative estimate of drug-likeness (QED) is 0.774. The van der Waals surface area contributed by atoms with E-state index in [0.717, 1.165) is 24.7 Å². The Hall–Kier alpha value is -0.830. The Morgan fingerprint density at radius 1 is 1.64 bits per heavy atom. The fourth-order valence-corrected chi connectivity index (χ4v) is 1.59. The van der Waals surface area contributed by atoms with Crippen molar-refractivity contribution in [2.45, 2.75) is 45.2 Å². The van der Waals surface area contributed by atoms with Crippen LogP contribution in [0, 0.1) is 6.92 Å². The fraction of sp³-hybridized carbons (Fsp3) is 0.727. The molecule has 1 aliphatic carbocycles. The van der Waals surface area contributed by atoms with Crippen LogP contribution in [0.25, 0.3) is 0 Å². The van der Waals surface area contributed by atoms with Gasteiger partial charge in [0.05, 0.1) is 11.7 Å². The maximum absolute atomic E-state index is 4.41. The van der Waals surface area contributed by atoms with E-state index in [1.165, 1.54) is 12.8 Å². The minimum atomic E-state index is 0.509. The summed E-state index contributed by atoms with van der Waals surface area (Å²) in [7, 11) is 0. The molecule has 0 saturated heterocycles. The molecule has 1 fully saturated rings. The number of hydrogen-bond donors (Lipinski definition) is 1. The zero-order valence-corrected chi connectivity index (χ0v) is 9.03. The van der Waals surface area contributed by atoms with Gasteiger partial charge in [0.2, 0.25) is 0 Å². The summed E-state index contributed by atoms with van der Waals surface area (Å²) >= 11 is 0. The number of aryl methyl sites for hydroxylation is 1. The number of nitrogens with zero attached hydrogens (tertiary/aromatic N) is 2. The zero-order chi connectivity index (χ0) is 9.97. The van der Waals surface area contributed by atoms with Crippen LogP contribution >= 0.6 is 0 Å². The molecule has 0 aromatic carbocycles. The van der Waals surface area contributed by atoms with Crippen LogP contribution in [0.4, 0.5) is 0 Å². The predicted octanol–water partition coefficient (Wildman–Crippen LogP) is 1.89. The van der Waals surface area contributed by atoms with Crippen LogP contribution in [0.15, 0.2) is 12.3 Å². The lowest BCUT2D eigenvalue weighted by Crippen LogP contribution is -2.20. The molecule has 78 valence electrons. The van der Waals surface area contributed by atoms with Crippen molar-refractivity contribution in [2.24, 2.45) is 0 Å². The van der Waals surface area contributed by atoms with Gasteiger partial charge in [0.25, 0.3) is 0 Å². The van der Waals surface area contributed by atoms with Crippen molar-refractivity contribution in [1.29, 1.82) is 0 Å². The Labute approximate surface area is 85.5 Å². The van der Waals surface area contributed by atoms with Gasteiger partial charge >= 0.3 is 0 Å². The minimum Gasteiger partial charge on any atom is -0.314 e. The molecule has 14 heavy (non-hydrogen) atoms. The van der Waals surface area contributed by atoms with E-state index in [9.17, 15) is 0 Å². The lowest BCUT2D eigenvalue weighted by molar-refractivity contribution is 0.441. The van der Waals surface area contributed by atoms with Gasteiger partial charge < -0.3 is 5.32 Å². The molecule has 1 N–H and O–H groups in total. The Morgan fingerprint density at radius 3 is 3.00 bits per heavy atom. The Kier molecular flexibility index (Phi) is 2.87. The van der Waals surface area contributed by atoms with E-state index in [1.807, 2.05) is 6.92 Å². The third kappa shape index (κ3) is 2.58. The van der Waals surface area contributed by atoms with Crippen LogP contribution in [0.2, 0.25) is 0 Å². The smallest absolute Gasteiger partial charge is 0.0593 e. The molecule has 0 amide bonds. The van der Waals surface area contributed by atoms with E-state index in [0.29, 0.717) is 6.04 Å². The summed E-state index contributed by atoms with van der Waals surface area (Å²) in [5, 5.41) is 7.94. The van der Waals surface area contributed by atoms with Gasteiger partial charge in [0.15, 0.2) is 0 Å². The molecule has 1 aromatic rings. The number of rotatable bonds is 5. The highest BCUT2D eigenvalue weighted by molar-refractivity contribution is 4.95. The molecule has 3 heteroatoms. The molecule has 2 rings (SSSR count). The highest BCUT2D eigenvalue weighted by Gasteiger charge is 2.20. The van der Waals surface area contributed by atoms with Gasteiger partial charge in [-0.15, -0.1) is 0 Å². The Morgan fingerprint density at radius 2 is 2.43 bits per heavy atom. The summed E-state index contributed by atoms with van der Waals surface area (Å²) in [6, 6.07) is 3.39. The summed E-state index contributed by atoms with van der Waals surface area (Å²) in [5.41, 5.74) is 1.10. The molecular weight excluding hydrogens is 174 g/mol. The van der Waals surface area contributed by atoms with Crippen molar-refractivity contribution in [3.8, 4) is 0 Å². The van der Waals surface area contributed by atoms with Crippen molar-refractivity contribution in [3.63, 3.8) is 0 Å². The number of hydrogen-bond acceptors (Lipinski definition) is 2. The topological polar surface area (TPSA) is 29.9 Å². The van der Waals surface area contributed by atoms with Crippen LogP contribution in [-0.2, 0) is 0 Å². The first-order valence-corrected chi connectivity index (χ1v) is 5.51. The van der Waals surface area contributed by atoms with Crippen LogP contribution in [0.1, 0.15) is 37.9 Å². The molecule has 0 spiro atoms. The highest BCUT2D eigenvalue weighted by Crippen LogP contribution is 2.19. The molecule has 1 unspecified atom stereocenters. The van der Waals surface area contributed by atoms with E-state index in [-0.39, 0.29) is 0 Å². The van der Waals surface area contributed by atoms with E-state index in [4.69, 9.17) is 0 Å². The maximum atomic E-state index is 4.41. The molecule has 3 nitrogen and oxygen atoms in total. The first-order valence-electron chi connectivity index (χ1n) is 5.51. The van der Waals surface area contributed by atoms with Crippen molar-refractivity contribution < 1.29 is 0 Å². The highest BCUT2D eigenvalue weighted by atomic mass is 15.3. The maximum Gasteiger partial charge on any atom is 0.0593 e. The summed E-state index contributed by atoms with van der Waals surface area (Å²) in [4.78, 5) is 0. The molecular formula is C11H19N3. The second-order valence-electron chi connectivity index (χ2n) is 4.30. The molecule has 1 aliphatic rings. The third-order valence-corrected chi connectivity index (χ3v) is 2.77. The molecule has 0 radical (unpaired) electrons. The van der Waals surface area contributed by atoms with Gasteiger partial charge in [-0.3, -0.25) is 4.68 Å². The third-order valence-electron chi connectivity index (χ3n) is 2.77. The van der Waals surface area contributed by atoms with E-state index in [1.54, 1.807) is 0 Å². The summed E-state index contributed by atoms with van der Waals surface area (Å²) in [5.74, 6) is 0. The van der Waals surface area contributed by atoms with Gasteiger partial charge in [0.1, 0.15) is 0 Å². The van der Waals surface area contributed by atoms with E-state index in [2.05, 4.69) is 34.3 Å². The van der Waals surface area contributed by atoms with Gasteiger partial charge in [-0.2, -0.15) is 5.10 Å². The Balaban J connectivity index is 1.73. The van der Waals surface area contributed by atoms with Crippen LogP contribution in [0.3, 0.4) is 0 Å². The monoisotopic (exact) mass is 193 g/mol. The Bertz CT molecular complexity index is 288. The minimum absolute atomic E-state index is 0.509. The van der Waals surface area contributed by atoms with E-state index >= 15 is 0 Å². The first-order chi connectivity index (χ1) is 6.75.